The first-order valence-corrected chi connectivity index (χ1v) is 6.13. The molecule has 0 N–H and O–H groups in total. The molecule has 12 heteroatoms. The van der Waals surface area contributed by atoms with Gasteiger partial charge in [-0.25, -0.2) is 4.39 Å². The summed E-state index contributed by atoms with van der Waals surface area (Å²) in [6, 6.07) is 0. The predicted octanol–water partition coefficient (Wildman–Crippen LogP) is 4.70. The van der Waals surface area contributed by atoms with Gasteiger partial charge in [-0.2, -0.15) is 43.9 Å². The van der Waals surface area contributed by atoms with Crippen molar-refractivity contribution in [3.63, 3.8) is 0 Å². The average Bonchev–Trinajstić information content (AvgIpc) is 2.41. The number of halogens is 11. The van der Waals surface area contributed by atoms with Crippen LogP contribution in [0.3, 0.4) is 0 Å². The molecule has 0 unspecified atom stereocenters. The van der Waals surface area contributed by atoms with E-state index >= 15 is 0 Å². The molecule has 0 aromatic carbocycles. The van der Waals surface area contributed by atoms with Gasteiger partial charge in [-0.1, -0.05) is 0 Å². The lowest BCUT2D eigenvalue weighted by Crippen LogP contribution is -2.83. The highest BCUT2D eigenvalue weighted by Gasteiger charge is 3.00. The van der Waals surface area contributed by atoms with Gasteiger partial charge in [0.2, 0.25) is 5.67 Å². The first kappa shape index (κ1) is 20.2. The molecule has 1 fully saturated rings. The van der Waals surface area contributed by atoms with E-state index < -0.39 is 54.5 Å². The highest BCUT2D eigenvalue weighted by molar-refractivity contribution is 5.26. The van der Waals surface area contributed by atoms with Crippen molar-refractivity contribution in [2.75, 3.05) is 13.7 Å². The molecule has 1 nitrogen and oxygen atoms in total. The minimum atomic E-state index is -7.14. The molecular formula is C11H11F11O. The maximum atomic E-state index is 14.1. The van der Waals surface area contributed by atoms with Crippen molar-refractivity contribution >= 4 is 0 Å². The number of alkyl halides is 11. The van der Waals surface area contributed by atoms with E-state index in [4.69, 9.17) is 0 Å². The monoisotopic (exact) mass is 368 g/mol. The molecule has 0 bridgehead atoms. The Kier molecular flexibility index (Phi) is 4.70. The summed E-state index contributed by atoms with van der Waals surface area (Å²) in [7, 11) is 1.08. The van der Waals surface area contributed by atoms with Crippen molar-refractivity contribution in [2.24, 2.45) is 0 Å². The van der Waals surface area contributed by atoms with Crippen molar-refractivity contribution in [1.82, 2.24) is 0 Å². The van der Waals surface area contributed by atoms with E-state index in [1.807, 2.05) is 0 Å². The molecule has 1 aliphatic carbocycles. The maximum Gasteiger partial charge on any atom is 0.384 e. The summed E-state index contributed by atoms with van der Waals surface area (Å²) >= 11 is 0. The normalized spacial score (nSPS) is 29.2. The third-order valence-corrected chi connectivity index (χ3v) is 3.69. The van der Waals surface area contributed by atoms with Crippen LogP contribution in [0, 0.1) is 0 Å². The van der Waals surface area contributed by atoms with Gasteiger partial charge in [0, 0.05) is 13.7 Å². The molecule has 1 rings (SSSR count). The van der Waals surface area contributed by atoms with Gasteiger partial charge in [0.15, 0.2) is 0 Å². The van der Waals surface area contributed by atoms with Crippen LogP contribution < -0.4 is 0 Å². The molecular weight excluding hydrogens is 357 g/mol. The number of hydrogen-bond donors (Lipinski definition) is 0. The van der Waals surface area contributed by atoms with E-state index in [9.17, 15) is 48.3 Å². The summed E-state index contributed by atoms with van der Waals surface area (Å²) in [5, 5.41) is 0. The Labute approximate surface area is 122 Å². The summed E-state index contributed by atoms with van der Waals surface area (Å²) in [6.07, 6.45) is -3.59. The molecule has 23 heavy (non-hydrogen) atoms. The van der Waals surface area contributed by atoms with Crippen LogP contribution in [0.2, 0.25) is 0 Å². The lowest BCUT2D eigenvalue weighted by molar-refractivity contribution is -0.485. The van der Waals surface area contributed by atoms with Crippen LogP contribution in [0.4, 0.5) is 48.3 Å². The Bertz CT molecular complexity index is 415. The number of rotatable bonds is 5. The fraction of sp³-hybridized carbons (Fsp3) is 1.00. The van der Waals surface area contributed by atoms with Crippen LogP contribution in [0.25, 0.3) is 0 Å². The zero-order valence-electron chi connectivity index (χ0n) is 11.4. The Hall–Kier alpha value is -0.810. The van der Waals surface area contributed by atoms with Gasteiger partial charge in [-0.05, 0) is 19.3 Å². The fourth-order valence-electron chi connectivity index (χ4n) is 2.22. The van der Waals surface area contributed by atoms with Gasteiger partial charge in [0.05, 0.1) is 0 Å². The fourth-order valence-corrected chi connectivity index (χ4v) is 2.22. The van der Waals surface area contributed by atoms with E-state index in [-0.39, 0.29) is 6.61 Å². The molecule has 138 valence electrons. The maximum absolute atomic E-state index is 14.1. The molecule has 0 aromatic rings. The van der Waals surface area contributed by atoms with Crippen LogP contribution in [0.15, 0.2) is 0 Å². The van der Waals surface area contributed by atoms with Gasteiger partial charge < -0.3 is 4.74 Å². The summed E-state index contributed by atoms with van der Waals surface area (Å²) in [4.78, 5) is 0. The second-order valence-corrected chi connectivity index (χ2v) is 5.12. The molecule has 0 aliphatic heterocycles. The topological polar surface area (TPSA) is 9.23 Å². The molecule has 1 aliphatic rings. The van der Waals surface area contributed by atoms with Gasteiger partial charge in [0.1, 0.15) is 0 Å². The number of methoxy groups -OCH3 is 1. The second-order valence-electron chi connectivity index (χ2n) is 5.12. The van der Waals surface area contributed by atoms with Gasteiger partial charge in [-0.3, -0.25) is 0 Å². The number of ether oxygens (including phenoxy) is 1. The molecule has 0 aromatic heterocycles. The molecule has 1 saturated carbocycles. The lowest BCUT2D eigenvalue weighted by Gasteiger charge is -2.52. The minimum Gasteiger partial charge on any atom is -0.385 e. The number of hydrogen-bond acceptors (Lipinski definition) is 1. The van der Waals surface area contributed by atoms with E-state index in [1.54, 1.807) is 0 Å². The van der Waals surface area contributed by atoms with Crippen LogP contribution in [-0.2, 0) is 4.74 Å². The van der Waals surface area contributed by atoms with E-state index in [0.717, 1.165) is 7.11 Å². The molecule has 0 heterocycles. The highest BCUT2D eigenvalue weighted by Crippen LogP contribution is 2.70. The molecule has 0 atom stereocenters. The summed E-state index contributed by atoms with van der Waals surface area (Å²) in [5.74, 6) is -34.6. The largest absolute Gasteiger partial charge is 0.385 e. The summed E-state index contributed by atoms with van der Waals surface area (Å²) in [6.45, 7) is -0.295. The van der Waals surface area contributed by atoms with Crippen LogP contribution in [-0.4, -0.2) is 49.0 Å². The van der Waals surface area contributed by atoms with Crippen LogP contribution >= 0.6 is 0 Å². The van der Waals surface area contributed by atoms with Gasteiger partial charge >= 0.3 is 29.6 Å². The van der Waals surface area contributed by atoms with E-state index in [2.05, 4.69) is 4.74 Å². The Morgan fingerprint density at radius 2 is 0.913 bits per heavy atom. The molecule has 0 saturated heterocycles. The quantitative estimate of drug-likeness (QED) is 0.505. The summed E-state index contributed by atoms with van der Waals surface area (Å²) < 4.78 is 150. The minimum absolute atomic E-state index is 0.295. The molecule has 0 radical (unpaired) electrons. The third-order valence-electron chi connectivity index (χ3n) is 3.69. The predicted molar refractivity (Wildman–Crippen MR) is 54.3 cm³/mol. The van der Waals surface area contributed by atoms with E-state index in [1.165, 1.54) is 0 Å². The van der Waals surface area contributed by atoms with E-state index in [0.29, 0.717) is 0 Å². The van der Waals surface area contributed by atoms with Crippen molar-refractivity contribution in [3.05, 3.63) is 0 Å². The number of unbranched alkanes of at least 4 members (excludes halogenated alkanes) is 1. The van der Waals surface area contributed by atoms with Crippen molar-refractivity contribution in [2.45, 2.75) is 54.5 Å². The highest BCUT2D eigenvalue weighted by atomic mass is 19.4. The Balaban J connectivity index is 3.43. The third kappa shape index (κ3) is 2.15. The zero-order valence-corrected chi connectivity index (χ0v) is 11.4. The van der Waals surface area contributed by atoms with Crippen LogP contribution in [0.1, 0.15) is 19.3 Å². The van der Waals surface area contributed by atoms with Gasteiger partial charge in [-0.15, -0.1) is 0 Å². The standard InChI is InChI=1S/C11H11F11O/c1-23-5-3-2-4-6(12)7(13,14)9(17,18)11(21,22)10(19,20)8(6,15)16/h2-5H2,1H3. The Morgan fingerprint density at radius 1 is 0.565 bits per heavy atom. The van der Waals surface area contributed by atoms with Crippen molar-refractivity contribution in [3.8, 4) is 0 Å². The first-order valence-electron chi connectivity index (χ1n) is 6.13. The van der Waals surface area contributed by atoms with Gasteiger partial charge in [0.25, 0.3) is 0 Å². The average molecular weight is 368 g/mol. The Morgan fingerprint density at radius 3 is 1.26 bits per heavy atom. The second kappa shape index (κ2) is 5.35. The molecule has 0 amide bonds. The van der Waals surface area contributed by atoms with Crippen molar-refractivity contribution in [1.29, 1.82) is 0 Å². The zero-order chi connectivity index (χ0) is 18.5. The molecule has 0 spiro atoms. The van der Waals surface area contributed by atoms with Crippen molar-refractivity contribution < 1.29 is 53.0 Å². The SMILES string of the molecule is COCCCCC1(F)C(F)(F)C(F)(F)C(F)(F)C(F)(F)C1(F)F. The summed E-state index contributed by atoms with van der Waals surface area (Å²) in [5.41, 5.74) is -5.86. The smallest absolute Gasteiger partial charge is 0.384 e. The first-order chi connectivity index (χ1) is 10.1. The van der Waals surface area contributed by atoms with Crippen LogP contribution in [0.5, 0.6) is 0 Å². The lowest BCUT2D eigenvalue weighted by atomic mass is 9.70.